The number of hydrogen-bond donors (Lipinski definition) is 2. The average molecular weight is 298 g/mol. The molecule has 0 spiro atoms. The van der Waals surface area contributed by atoms with E-state index in [4.69, 9.17) is 5.73 Å². The number of hydrogen-bond acceptors (Lipinski definition) is 6. The predicted octanol–water partition coefficient (Wildman–Crippen LogP) is -0.878. The van der Waals surface area contributed by atoms with Crippen LogP contribution in [0.4, 0.5) is 5.69 Å². The topological polar surface area (TPSA) is 105 Å². The van der Waals surface area contributed by atoms with Crippen molar-refractivity contribution < 1.29 is 13.2 Å². The van der Waals surface area contributed by atoms with Gasteiger partial charge in [0.1, 0.15) is 9.84 Å². The quantitative estimate of drug-likeness (QED) is 0.751. The fraction of sp³-hybridized carbons (Fsp3) is 0.500. The summed E-state index contributed by atoms with van der Waals surface area (Å²) in [6, 6.07) is 1.33. The van der Waals surface area contributed by atoms with Crippen molar-refractivity contribution in [1.82, 2.24) is 15.2 Å². The number of nitrogens with two attached hydrogens (primary N) is 1. The summed E-state index contributed by atoms with van der Waals surface area (Å²) in [6.07, 6.45) is 4.13. The Balaban J connectivity index is 2.07. The first kappa shape index (κ1) is 14.7. The molecule has 8 heteroatoms. The van der Waals surface area contributed by atoms with Gasteiger partial charge in [-0.3, -0.25) is 9.78 Å². The van der Waals surface area contributed by atoms with E-state index in [0.717, 1.165) is 0 Å². The van der Waals surface area contributed by atoms with Crippen LogP contribution in [0.5, 0.6) is 0 Å². The zero-order valence-corrected chi connectivity index (χ0v) is 12.1. The molecule has 3 N–H and O–H groups in total. The molecule has 1 aliphatic heterocycles. The van der Waals surface area contributed by atoms with Crippen LogP contribution in [0.25, 0.3) is 0 Å². The highest BCUT2D eigenvalue weighted by Crippen LogP contribution is 2.10. The molecule has 0 aromatic carbocycles. The van der Waals surface area contributed by atoms with Gasteiger partial charge in [0, 0.05) is 44.3 Å². The first-order chi connectivity index (χ1) is 9.35. The second-order valence-corrected chi connectivity index (χ2v) is 7.19. The molecular formula is C12H18N4O3S. The van der Waals surface area contributed by atoms with Gasteiger partial charge in [-0.15, -0.1) is 0 Å². The Bertz CT molecular complexity index is 602. The lowest BCUT2D eigenvalue weighted by atomic mass is 10.2. The molecule has 0 bridgehead atoms. The fourth-order valence-electron chi connectivity index (χ4n) is 2.24. The highest BCUT2D eigenvalue weighted by molar-refractivity contribution is 7.90. The van der Waals surface area contributed by atoms with Crippen molar-refractivity contribution in [1.29, 1.82) is 0 Å². The number of nitrogens with one attached hydrogen (secondary N) is 1. The van der Waals surface area contributed by atoms with Gasteiger partial charge in [-0.05, 0) is 6.07 Å². The molecule has 20 heavy (non-hydrogen) atoms. The minimum Gasteiger partial charge on any atom is -0.397 e. The van der Waals surface area contributed by atoms with Gasteiger partial charge in [0.2, 0.25) is 0 Å². The van der Waals surface area contributed by atoms with E-state index in [1.54, 1.807) is 11.0 Å². The van der Waals surface area contributed by atoms with Crippen molar-refractivity contribution in [2.24, 2.45) is 0 Å². The van der Waals surface area contributed by atoms with Crippen LogP contribution in [0.15, 0.2) is 18.5 Å². The van der Waals surface area contributed by atoms with E-state index in [2.05, 4.69) is 10.3 Å². The average Bonchev–Trinajstić information content (AvgIpc) is 2.36. The molecule has 1 atom stereocenters. The number of nitrogen functional groups attached to an aromatic ring is 1. The summed E-state index contributed by atoms with van der Waals surface area (Å²) in [6.45, 7) is 1.47. The number of piperazine rings is 1. The number of nitrogens with zero attached hydrogens (tertiary/aromatic N) is 2. The number of aromatic nitrogens is 1. The molecule has 1 aromatic heterocycles. The summed E-state index contributed by atoms with van der Waals surface area (Å²) in [5.74, 6) is -0.156. The zero-order valence-electron chi connectivity index (χ0n) is 11.2. The summed E-state index contributed by atoms with van der Waals surface area (Å²) in [4.78, 5) is 17.8. The molecule has 1 aromatic rings. The first-order valence-corrected chi connectivity index (χ1v) is 8.32. The normalized spacial score (nSPS) is 19.9. The predicted molar refractivity (Wildman–Crippen MR) is 76.1 cm³/mol. The minimum absolute atomic E-state index is 0.0198. The molecular weight excluding hydrogens is 280 g/mol. The summed E-state index contributed by atoms with van der Waals surface area (Å²) in [5, 5.41) is 3.11. The van der Waals surface area contributed by atoms with Crippen molar-refractivity contribution in [3.8, 4) is 0 Å². The number of carbonyl (C=O) groups is 1. The Morgan fingerprint density at radius 2 is 2.30 bits per heavy atom. The molecule has 1 fully saturated rings. The van der Waals surface area contributed by atoms with Crippen LogP contribution in [0.1, 0.15) is 10.4 Å². The van der Waals surface area contributed by atoms with Crippen LogP contribution in [0.2, 0.25) is 0 Å². The van der Waals surface area contributed by atoms with Gasteiger partial charge in [-0.2, -0.15) is 0 Å². The van der Waals surface area contributed by atoms with E-state index in [0.29, 0.717) is 30.9 Å². The van der Waals surface area contributed by atoms with Gasteiger partial charge in [-0.1, -0.05) is 0 Å². The van der Waals surface area contributed by atoms with Gasteiger partial charge in [0.25, 0.3) is 5.91 Å². The van der Waals surface area contributed by atoms with Crippen LogP contribution < -0.4 is 11.1 Å². The molecule has 7 nitrogen and oxygen atoms in total. The van der Waals surface area contributed by atoms with Crippen molar-refractivity contribution in [2.75, 3.05) is 37.4 Å². The van der Waals surface area contributed by atoms with E-state index in [1.807, 2.05) is 0 Å². The maximum atomic E-state index is 12.3. The third-order valence-corrected chi connectivity index (χ3v) is 4.06. The SMILES string of the molecule is CS(=O)(=O)CC1CN(C(=O)c2cncc(N)c2)CCN1. The van der Waals surface area contributed by atoms with Crippen molar-refractivity contribution in [2.45, 2.75) is 6.04 Å². The number of carbonyl (C=O) groups excluding carboxylic acids is 1. The molecule has 0 aliphatic carbocycles. The summed E-state index contributed by atoms with van der Waals surface area (Å²) in [7, 11) is -3.08. The molecule has 1 aliphatic rings. The van der Waals surface area contributed by atoms with E-state index in [-0.39, 0.29) is 17.7 Å². The lowest BCUT2D eigenvalue weighted by molar-refractivity contribution is 0.0709. The van der Waals surface area contributed by atoms with E-state index >= 15 is 0 Å². The lowest BCUT2D eigenvalue weighted by Crippen LogP contribution is -2.54. The molecule has 1 saturated heterocycles. The Morgan fingerprint density at radius 3 is 2.95 bits per heavy atom. The van der Waals surface area contributed by atoms with Crippen molar-refractivity contribution in [3.05, 3.63) is 24.0 Å². The number of pyridine rings is 1. The Morgan fingerprint density at radius 1 is 1.55 bits per heavy atom. The lowest BCUT2D eigenvalue weighted by Gasteiger charge is -2.33. The van der Waals surface area contributed by atoms with Crippen LogP contribution in [-0.4, -0.2) is 61.9 Å². The number of anilines is 1. The Hall–Kier alpha value is -1.67. The Labute approximate surface area is 118 Å². The summed E-state index contributed by atoms with van der Waals surface area (Å²) < 4.78 is 22.6. The third kappa shape index (κ3) is 3.91. The summed E-state index contributed by atoms with van der Waals surface area (Å²) >= 11 is 0. The molecule has 2 rings (SSSR count). The van der Waals surface area contributed by atoms with Gasteiger partial charge < -0.3 is 16.0 Å². The van der Waals surface area contributed by atoms with E-state index < -0.39 is 9.84 Å². The number of sulfone groups is 1. The molecule has 0 radical (unpaired) electrons. The molecule has 1 unspecified atom stereocenters. The number of rotatable bonds is 3. The molecule has 1 amide bonds. The first-order valence-electron chi connectivity index (χ1n) is 6.26. The standard InChI is InChI=1S/C12H18N4O3S/c1-20(18,19)8-11-7-16(3-2-15-11)12(17)9-4-10(13)6-14-5-9/h4-6,11,15H,2-3,7-8,13H2,1H3. The highest BCUT2D eigenvalue weighted by Gasteiger charge is 2.26. The smallest absolute Gasteiger partial charge is 0.255 e. The van der Waals surface area contributed by atoms with Crippen LogP contribution >= 0.6 is 0 Å². The van der Waals surface area contributed by atoms with Crippen molar-refractivity contribution in [3.63, 3.8) is 0 Å². The monoisotopic (exact) mass is 298 g/mol. The molecule has 2 heterocycles. The maximum absolute atomic E-state index is 12.3. The highest BCUT2D eigenvalue weighted by atomic mass is 32.2. The second kappa shape index (κ2) is 5.76. The molecule has 110 valence electrons. The second-order valence-electron chi connectivity index (χ2n) is 5.00. The van der Waals surface area contributed by atoms with Gasteiger partial charge >= 0.3 is 0 Å². The largest absolute Gasteiger partial charge is 0.397 e. The third-order valence-electron chi connectivity index (χ3n) is 3.05. The Kier molecular flexibility index (Phi) is 4.24. The van der Waals surface area contributed by atoms with Gasteiger partial charge in [0.05, 0.1) is 17.0 Å². The summed E-state index contributed by atoms with van der Waals surface area (Å²) in [5.41, 5.74) is 6.46. The maximum Gasteiger partial charge on any atom is 0.255 e. The fourth-order valence-corrected chi connectivity index (χ4v) is 3.20. The van der Waals surface area contributed by atoms with Crippen LogP contribution in [0.3, 0.4) is 0 Å². The van der Waals surface area contributed by atoms with E-state index in [1.165, 1.54) is 18.6 Å². The van der Waals surface area contributed by atoms with Gasteiger partial charge in [0.15, 0.2) is 0 Å². The zero-order chi connectivity index (χ0) is 14.8. The molecule has 0 saturated carbocycles. The number of amides is 1. The van der Waals surface area contributed by atoms with Crippen LogP contribution in [-0.2, 0) is 9.84 Å². The van der Waals surface area contributed by atoms with Gasteiger partial charge in [-0.25, -0.2) is 8.42 Å². The minimum atomic E-state index is -3.08. The van der Waals surface area contributed by atoms with Crippen molar-refractivity contribution >= 4 is 21.4 Å². The van der Waals surface area contributed by atoms with E-state index in [9.17, 15) is 13.2 Å². The van der Waals surface area contributed by atoms with Crippen LogP contribution in [0, 0.1) is 0 Å².